The molecule has 2 N–H and O–H groups in total. The minimum absolute atomic E-state index is 0.00550. The zero-order chi connectivity index (χ0) is 27.8. The predicted molar refractivity (Wildman–Crippen MR) is 148 cm³/mol. The number of phenolic OH excluding ortho intramolecular Hbond substituents is 1. The second-order valence-electron chi connectivity index (χ2n) is 11.4. The number of esters is 1. The number of carbonyl (C=O) groups excluding carboxylic acids is 2. The first-order valence-electron chi connectivity index (χ1n) is 13.3. The molecule has 0 saturated heterocycles. The lowest BCUT2D eigenvalue weighted by molar-refractivity contribution is -0.139. The van der Waals surface area contributed by atoms with Gasteiger partial charge in [-0.25, -0.2) is 4.79 Å². The Kier molecular flexibility index (Phi) is 7.84. The maximum Gasteiger partial charge on any atom is 0.336 e. The summed E-state index contributed by atoms with van der Waals surface area (Å²) in [5.74, 6) is -1.06. The summed E-state index contributed by atoms with van der Waals surface area (Å²) in [5, 5.41) is 13.8. The number of rotatable bonds is 6. The average Bonchev–Trinajstić information content (AvgIpc) is 2.80. The van der Waals surface area contributed by atoms with E-state index in [1.165, 1.54) is 22.3 Å². The molecule has 202 valence electrons. The fraction of sp³-hybridized carbons (Fsp3) is 0.438. The van der Waals surface area contributed by atoms with Crippen molar-refractivity contribution in [2.75, 3.05) is 13.2 Å². The molecule has 0 fully saturated rings. The number of nitrogens with one attached hydrogen (secondary N) is 1. The van der Waals surface area contributed by atoms with Gasteiger partial charge in [-0.15, -0.1) is 0 Å². The first-order chi connectivity index (χ1) is 17.9. The number of allylic oxidation sites excluding steroid dienone is 2. The minimum Gasteiger partial charge on any atom is -0.508 e. The van der Waals surface area contributed by atoms with E-state index >= 15 is 0 Å². The van der Waals surface area contributed by atoms with Crippen molar-refractivity contribution in [3.05, 3.63) is 86.8 Å². The fourth-order valence-electron chi connectivity index (χ4n) is 5.88. The quantitative estimate of drug-likeness (QED) is 0.455. The average molecular weight is 518 g/mol. The molecule has 2 unspecified atom stereocenters. The number of phenols is 1. The van der Waals surface area contributed by atoms with Gasteiger partial charge in [-0.1, -0.05) is 29.8 Å². The van der Waals surface area contributed by atoms with Crippen molar-refractivity contribution < 1.29 is 24.2 Å². The van der Waals surface area contributed by atoms with Crippen LogP contribution in [-0.4, -0.2) is 35.7 Å². The van der Waals surface area contributed by atoms with E-state index in [0.717, 1.165) is 5.70 Å². The Bertz CT molecular complexity index is 1300. The van der Waals surface area contributed by atoms with Gasteiger partial charge in [0.25, 0.3) is 0 Å². The van der Waals surface area contributed by atoms with Crippen LogP contribution >= 0.6 is 0 Å². The van der Waals surface area contributed by atoms with Gasteiger partial charge in [0.05, 0.1) is 30.1 Å². The van der Waals surface area contributed by atoms with Crippen molar-refractivity contribution in [1.82, 2.24) is 5.32 Å². The van der Waals surface area contributed by atoms with E-state index in [-0.39, 0.29) is 30.7 Å². The lowest BCUT2D eigenvalue weighted by Gasteiger charge is -2.38. The van der Waals surface area contributed by atoms with Crippen LogP contribution in [0.2, 0.25) is 0 Å². The topological polar surface area (TPSA) is 84.9 Å². The lowest BCUT2D eigenvalue weighted by atomic mass is 9.70. The van der Waals surface area contributed by atoms with Crippen LogP contribution in [0.1, 0.15) is 80.2 Å². The summed E-state index contributed by atoms with van der Waals surface area (Å²) in [6.45, 7) is 14.3. The van der Waals surface area contributed by atoms with Crippen molar-refractivity contribution in [2.24, 2.45) is 0 Å². The van der Waals surface area contributed by atoms with Gasteiger partial charge >= 0.3 is 5.97 Å². The van der Waals surface area contributed by atoms with E-state index in [2.05, 4.69) is 38.2 Å². The number of hydrogen-bond donors (Lipinski definition) is 2. The van der Waals surface area contributed by atoms with Crippen LogP contribution in [0.5, 0.6) is 5.75 Å². The molecule has 2 aromatic rings. The molecule has 0 radical (unpaired) electrons. The number of Topliss-reactive ketones (excluding diaryl/α,β-unsaturated/α-hetero) is 1. The van der Waals surface area contributed by atoms with Crippen LogP contribution < -0.4 is 5.32 Å². The first-order valence-corrected chi connectivity index (χ1v) is 13.3. The first kappa shape index (κ1) is 27.6. The third-order valence-corrected chi connectivity index (χ3v) is 7.21. The molecule has 0 saturated carbocycles. The molecule has 2 aromatic carbocycles. The molecule has 0 bridgehead atoms. The maximum atomic E-state index is 14.0. The third-order valence-electron chi connectivity index (χ3n) is 7.21. The second-order valence-corrected chi connectivity index (χ2v) is 11.4. The molecule has 2 aliphatic rings. The molecular formula is C32H39NO5. The third kappa shape index (κ3) is 5.70. The number of aromatic hydroxyl groups is 1. The standard InChI is InChI=1S/C32H39NO5/c1-8-37-31(36)30-25(17-38-32(5,6)7)33-24-15-22(27-19(3)12-18(2)13-20(27)4)16-26(35)29(24)28(30)21-10-9-11-23(34)14-21/h9-14,22,28,33-34H,8,15-17H2,1-7H3. The van der Waals surface area contributed by atoms with E-state index in [1.54, 1.807) is 25.1 Å². The number of benzene rings is 2. The van der Waals surface area contributed by atoms with Crippen LogP contribution in [0.3, 0.4) is 0 Å². The minimum atomic E-state index is -0.662. The van der Waals surface area contributed by atoms with Gasteiger partial charge in [0.2, 0.25) is 0 Å². The molecule has 4 rings (SSSR count). The Balaban J connectivity index is 1.87. The number of ketones is 1. The summed E-state index contributed by atoms with van der Waals surface area (Å²) in [6, 6.07) is 11.1. The highest BCUT2D eigenvalue weighted by atomic mass is 16.5. The van der Waals surface area contributed by atoms with Gasteiger partial charge in [0.1, 0.15) is 5.75 Å². The summed E-state index contributed by atoms with van der Waals surface area (Å²) in [6.07, 6.45) is 0.987. The fourth-order valence-corrected chi connectivity index (χ4v) is 5.88. The predicted octanol–water partition coefficient (Wildman–Crippen LogP) is 6.04. The molecule has 6 nitrogen and oxygen atoms in total. The largest absolute Gasteiger partial charge is 0.508 e. The van der Waals surface area contributed by atoms with Crippen LogP contribution in [0.25, 0.3) is 0 Å². The molecule has 2 atom stereocenters. The SMILES string of the molecule is CCOC(=O)C1=C(COC(C)(C)C)NC2=C(C(=O)CC(c3c(C)cc(C)cc3C)C2)C1c1cccc(O)c1. The summed E-state index contributed by atoms with van der Waals surface area (Å²) in [5.41, 5.74) is 7.33. The smallest absolute Gasteiger partial charge is 0.336 e. The molecule has 0 spiro atoms. The lowest BCUT2D eigenvalue weighted by Crippen LogP contribution is -2.39. The van der Waals surface area contributed by atoms with Crippen LogP contribution in [-0.2, 0) is 19.1 Å². The van der Waals surface area contributed by atoms with E-state index < -0.39 is 17.5 Å². The molecule has 1 aliphatic heterocycles. The molecule has 38 heavy (non-hydrogen) atoms. The van der Waals surface area contributed by atoms with Crippen molar-refractivity contribution in [2.45, 2.75) is 78.7 Å². The zero-order valence-electron chi connectivity index (χ0n) is 23.5. The Labute approximate surface area is 225 Å². The van der Waals surface area contributed by atoms with Gasteiger partial charge in [-0.05, 0) is 95.2 Å². The number of aryl methyl sites for hydroxylation is 3. The molecule has 1 heterocycles. The number of ether oxygens (including phenoxy) is 2. The monoisotopic (exact) mass is 517 g/mol. The second kappa shape index (κ2) is 10.8. The zero-order valence-corrected chi connectivity index (χ0v) is 23.5. The molecule has 0 amide bonds. The van der Waals surface area contributed by atoms with Crippen LogP contribution in [0, 0.1) is 20.8 Å². The highest BCUT2D eigenvalue weighted by molar-refractivity contribution is 6.04. The number of carbonyl (C=O) groups is 2. The Morgan fingerprint density at radius 1 is 1.08 bits per heavy atom. The van der Waals surface area contributed by atoms with Crippen LogP contribution in [0.15, 0.2) is 58.9 Å². The highest BCUT2D eigenvalue weighted by Gasteiger charge is 2.43. The van der Waals surface area contributed by atoms with Crippen molar-refractivity contribution in [3.8, 4) is 5.75 Å². The highest BCUT2D eigenvalue weighted by Crippen LogP contribution is 2.47. The van der Waals surface area contributed by atoms with E-state index in [1.807, 2.05) is 26.8 Å². The van der Waals surface area contributed by atoms with E-state index in [0.29, 0.717) is 35.2 Å². The van der Waals surface area contributed by atoms with Gasteiger partial charge in [0, 0.05) is 23.6 Å². The molecule has 1 aliphatic carbocycles. The van der Waals surface area contributed by atoms with E-state index in [9.17, 15) is 14.7 Å². The molecular weight excluding hydrogens is 478 g/mol. The summed E-state index contributed by atoms with van der Waals surface area (Å²) < 4.78 is 11.6. The number of hydrogen-bond acceptors (Lipinski definition) is 6. The summed E-state index contributed by atoms with van der Waals surface area (Å²) in [4.78, 5) is 27.4. The van der Waals surface area contributed by atoms with Gasteiger partial charge in [-0.3, -0.25) is 4.79 Å². The van der Waals surface area contributed by atoms with Gasteiger partial charge in [0.15, 0.2) is 5.78 Å². The Hall–Kier alpha value is -3.38. The summed E-state index contributed by atoms with van der Waals surface area (Å²) in [7, 11) is 0. The maximum absolute atomic E-state index is 14.0. The molecule has 6 heteroatoms. The van der Waals surface area contributed by atoms with Gasteiger partial charge < -0.3 is 19.9 Å². The van der Waals surface area contributed by atoms with Crippen molar-refractivity contribution >= 4 is 11.8 Å². The van der Waals surface area contributed by atoms with E-state index in [4.69, 9.17) is 9.47 Å². The molecule has 0 aromatic heterocycles. The Morgan fingerprint density at radius 2 is 1.76 bits per heavy atom. The van der Waals surface area contributed by atoms with Crippen LogP contribution in [0.4, 0.5) is 0 Å². The normalized spacial score (nSPS) is 19.8. The summed E-state index contributed by atoms with van der Waals surface area (Å²) >= 11 is 0. The number of dihydropyridines is 1. The van der Waals surface area contributed by atoms with Gasteiger partial charge in [-0.2, -0.15) is 0 Å². The Morgan fingerprint density at radius 3 is 2.37 bits per heavy atom. The van der Waals surface area contributed by atoms with Crippen molar-refractivity contribution in [3.63, 3.8) is 0 Å². The van der Waals surface area contributed by atoms with Crippen molar-refractivity contribution in [1.29, 1.82) is 0 Å².